The minimum atomic E-state index is -0.476. The maximum Gasteiger partial charge on any atom is 0.243 e. The Labute approximate surface area is 186 Å². The molecule has 0 aliphatic carbocycles. The highest BCUT2D eigenvalue weighted by Crippen LogP contribution is 2.27. The van der Waals surface area contributed by atoms with Gasteiger partial charge in [0.25, 0.3) is 0 Å². The Balaban J connectivity index is 1.65. The van der Waals surface area contributed by atoms with Gasteiger partial charge in [-0.05, 0) is 42.5 Å². The SMILES string of the molecule is COc1ccc(-c2nc3c4ccc(Br)cc4nc(N[C@@H]4CNCCNC4=O)n3n2)cc1. The Kier molecular flexibility index (Phi) is 5.16. The van der Waals surface area contributed by atoms with Crippen molar-refractivity contribution >= 4 is 44.3 Å². The van der Waals surface area contributed by atoms with Gasteiger partial charge in [0.15, 0.2) is 11.5 Å². The van der Waals surface area contributed by atoms with Crippen LogP contribution in [0.3, 0.4) is 0 Å². The number of rotatable bonds is 4. The van der Waals surface area contributed by atoms with Crippen LogP contribution in [0.4, 0.5) is 5.95 Å². The summed E-state index contributed by atoms with van der Waals surface area (Å²) in [5.74, 6) is 1.70. The highest BCUT2D eigenvalue weighted by Gasteiger charge is 2.23. The Morgan fingerprint density at radius 3 is 2.81 bits per heavy atom. The molecule has 9 nitrogen and oxygen atoms in total. The Bertz CT molecular complexity index is 1270. The van der Waals surface area contributed by atoms with Crippen LogP contribution < -0.4 is 20.7 Å². The number of amides is 1. The Hall–Kier alpha value is -3.24. The molecule has 4 aromatic rings. The van der Waals surface area contributed by atoms with Crippen LogP contribution in [0.25, 0.3) is 27.9 Å². The third kappa shape index (κ3) is 3.79. The number of benzene rings is 2. The van der Waals surface area contributed by atoms with Crippen molar-refractivity contribution in [3.05, 3.63) is 46.9 Å². The van der Waals surface area contributed by atoms with Gasteiger partial charge in [0, 0.05) is 35.1 Å². The number of nitrogens with one attached hydrogen (secondary N) is 3. The number of fused-ring (bicyclic) bond motifs is 3. The number of carbonyl (C=O) groups excluding carboxylic acids is 1. The van der Waals surface area contributed by atoms with Crippen LogP contribution >= 0.6 is 15.9 Å². The molecule has 10 heteroatoms. The van der Waals surface area contributed by atoms with E-state index in [2.05, 4.69) is 31.9 Å². The normalized spacial score (nSPS) is 16.8. The van der Waals surface area contributed by atoms with Gasteiger partial charge >= 0.3 is 0 Å². The van der Waals surface area contributed by atoms with Gasteiger partial charge in [0.05, 0.1) is 12.6 Å². The number of nitrogens with zero attached hydrogens (tertiary/aromatic N) is 4. The average molecular weight is 482 g/mol. The zero-order valence-electron chi connectivity index (χ0n) is 16.7. The molecule has 31 heavy (non-hydrogen) atoms. The lowest BCUT2D eigenvalue weighted by molar-refractivity contribution is -0.121. The summed E-state index contributed by atoms with van der Waals surface area (Å²) in [4.78, 5) is 22.0. The number of halogens is 1. The van der Waals surface area contributed by atoms with E-state index in [0.717, 1.165) is 33.2 Å². The predicted octanol–water partition coefficient (Wildman–Crippen LogP) is 2.22. The van der Waals surface area contributed by atoms with Crippen LogP contribution in [-0.4, -0.2) is 58.3 Å². The van der Waals surface area contributed by atoms with Gasteiger partial charge in [0.1, 0.15) is 11.8 Å². The van der Waals surface area contributed by atoms with E-state index in [1.54, 1.807) is 11.6 Å². The van der Waals surface area contributed by atoms with E-state index in [1.165, 1.54) is 0 Å². The van der Waals surface area contributed by atoms with Crippen molar-refractivity contribution in [2.75, 3.05) is 32.1 Å². The molecule has 1 fully saturated rings. The fraction of sp³-hybridized carbons (Fsp3) is 0.238. The van der Waals surface area contributed by atoms with Gasteiger partial charge in [-0.15, -0.1) is 5.10 Å². The summed E-state index contributed by atoms with van der Waals surface area (Å²) in [6.45, 7) is 1.81. The van der Waals surface area contributed by atoms with Gasteiger partial charge in [-0.25, -0.2) is 9.97 Å². The molecule has 1 aliphatic heterocycles. The van der Waals surface area contributed by atoms with Gasteiger partial charge in [-0.3, -0.25) is 4.79 Å². The van der Waals surface area contributed by atoms with Crippen LogP contribution in [0.2, 0.25) is 0 Å². The quantitative estimate of drug-likeness (QED) is 0.410. The molecule has 0 radical (unpaired) electrons. The second kappa shape index (κ2) is 8.12. The molecule has 1 saturated heterocycles. The standard InChI is InChI=1S/C21H20BrN7O2/c1-31-14-5-2-12(3-6-14)18-27-19-15-7-4-13(22)10-16(15)25-21(29(19)28-18)26-17-11-23-8-9-24-20(17)30/h2-7,10,17,23H,8-9,11H2,1H3,(H,24,30)(H,25,26)/t17-/m1/s1. The fourth-order valence-electron chi connectivity index (χ4n) is 3.55. The summed E-state index contributed by atoms with van der Waals surface area (Å²) in [5.41, 5.74) is 2.27. The lowest BCUT2D eigenvalue weighted by Gasteiger charge is -2.16. The smallest absolute Gasteiger partial charge is 0.243 e. The van der Waals surface area contributed by atoms with Crippen molar-refractivity contribution < 1.29 is 9.53 Å². The molecule has 0 bridgehead atoms. The number of aromatic nitrogens is 4. The van der Waals surface area contributed by atoms with Crippen molar-refractivity contribution in [3.8, 4) is 17.1 Å². The molecule has 3 N–H and O–H groups in total. The van der Waals surface area contributed by atoms with Crippen LogP contribution in [0, 0.1) is 0 Å². The van der Waals surface area contributed by atoms with Gasteiger partial charge in [-0.2, -0.15) is 4.52 Å². The van der Waals surface area contributed by atoms with Crippen molar-refractivity contribution in [3.63, 3.8) is 0 Å². The second-order valence-electron chi connectivity index (χ2n) is 7.19. The minimum absolute atomic E-state index is 0.0789. The first kappa shape index (κ1) is 19.7. The number of methoxy groups -OCH3 is 1. The first-order valence-corrected chi connectivity index (χ1v) is 10.7. The summed E-state index contributed by atoms with van der Waals surface area (Å²) in [7, 11) is 1.63. The summed E-state index contributed by atoms with van der Waals surface area (Å²) >= 11 is 3.51. The van der Waals surface area contributed by atoms with Crippen LogP contribution in [-0.2, 0) is 4.79 Å². The number of hydrogen-bond acceptors (Lipinski definition) is 7. The highest BCUT2D eigenvalue weighted by atomic mass is 79.9. The van der Waals surface area contributed by atoms with Gasteiger partial charge in [-0.1, -0.05) is 15.9 Å². The molecule has 2 aromatic heterocycles. The van der Waals surface area contributed by atoms with E-state index < -0.39 is 6.04 Å². The minimum Gasteiger partial charge on any atom is -0.497 e. The van der Waals surface area contributed by atoms with Gasteiger partial charge < -0.3 is 20.7 Å². The lowest BCUT2D eigenvalue weighted by Crippen LogP contribution is -2.42. The monoisotopic (exact) mass is 481 g/mol. The lowest BCUT2D eigenvalue weighted by atomic mass is 10.2. The largest absolute Gasteiger partial charge is 0.497 e. The number of hydrogen-bond donors (Lipinski definition) is 3. The topological polar surface area (TPSA) is 105 Å². The van der Waals surface area contributed by atoms with E-state index in [1.807, 2.05) is 42.5 Å². The van der Waals surface area contributed by atoms with Crippen LogP contribution in [0.5, 0.6) is 5.75 Å². The molecule has 3 heterocycles. The fourth-order valence-corrected chi connectivity index (χ4v) is 3.90. The second-order valence-corrected chi connectivity index (χ2v) is 8.10. The zero-order valence-corrected chi connectivity index (χ0v) is 18.3. The first-order valence-electron chi connectivity index (χ1n) is 9.88. The van der Waals surface area contributed by atoms with E-state index in [-0.39, 0.29) is 5.91 Å². The van der Waals surface area contributed by atoms with Crippen molar-refractivity contribution in [1.82, 2.24) is 30.2 Å². The molecule has 0 unspecified atom stereocenters. The Morgan fingerprint density at radius 1 is 1.16 bits per heavy atom. The van der Waals surface area contributed by atoms with Crippen LogP contribution in [0.1, 0.15) is 0 Å². The van der Waals surface area contributed by atoms with E-state index in [4.69, 9.17) is 19.8 Å². The molecular weight excluding hydrogens is 462 g/mol. The summed E-state index contributed by atoms with van der Waals surface area (Å²) in [6.07, 6.45) is 0. The maximum atomic E-state index is 12.5. The van der Waals surface area contributed by atoms with Crippen molar-refractivity contribution in [2.24, 2.45) is 0 Å². The third-order valence-electron chi connectivity index (χ3n) is 5.15. The number of carbonyl (C=O) groups is 1. The molecule has 2 aromatic carbocycles. The third-order valence-corrected chi connectivity index (χ3v) is 5.65. The number of anilines is 1. The highest BCUT2D eigenvalue weighted by molar-refractivity contribution is 9.10. The number of ether oxygens (including phenoxy) is 1. The first-order chi connectivity index (χ1) is 15.1. The van der Waals surface area contributed by atoms with E-state index >= 15 is 0 Å². The molecule has 0 saturated carbocycles. The van der Waals surface area contributed by atoms with E-state index in [0.29, 0.717) is 30.5 Å². The molecule has 1 atom stereocenters. The molecule has 1 aliphatic rings. The maximum absolute atomic E-state index is 12.5. The molecule has 5 rings (SSSR count). The van der Waals surface area contributed by atoms with Gasteiger partial charge in [0.2, 0.25) is 11.9 Å². The predicted molar refractivity (Wildman–Crippen MR) is 121 cm³/mol. The molecular formula is C21H20BrN7O2. The summed E-state index contributed by atoms with van der Waals surface area (Å²) < 4.78 is 7.81. The Morgan fingerprint density at radius 2 is 2.00 bits per heavy atom. The molecule has 1 amide bonds. The molecule has 158 valence electrons. The average Bonchev–Trinajstić information content (AvgIpc) is 3.13. The summed E-state index contributed by atoms with van der Waals surface area (Å²) in [6, 6.07) is 12.9. The van der Waals surface area contributed by atoms with Crippen molar-refractivity contribution in [1.29, 1.82) is 0 Å². The van der Waals surface area contributed by atoms with Crippen molar-refractivity contribution in [2.45, 2.75) is 6.04 Å². The molecule has 0 spiro atoms. The van der Waals surface area contributed by atoms with E-state index in [9.17, 15) is 4.79 Å². The van der Waals surface area contributed by atoms with Crippen LogP contribution in [0.15, 0.2) is 46.9 Å². The summed E-state index contributed by atoms with van der Waals surface area (Å²) in [5, 5.41) is 15.0. The zero-order chi connectivity index (χ0) is 21.4.